The van der Waals surface area contributed by atoms with Crippen LogP contribution in [-0.2, 0) is 14.3 Å². The fraction of sp³-hybridized carbons (Fsp3) is 0.833. The molecular weight excluding hydrogens is 220 g/mol. The summed E-state index contributed by atoms with van der Waals surface area (Å²) in [5.74, 6) is 0.0271. The van der Waals surface area contributed by atoms with E-state index >= 15 is 0 Å². The Balaban J connectivity index is 1.67. The maximum absolute atomic E-state index is 11.7. The highest BCUT2D eigenvalue weighted by atomic mass is 16.5. The van der Waals surface area contributed by atoms with Crippen LogP contribution in [0.5, 0.6) is 0 Å². The second-order valence-electron chi connectivity index (χ2n) is 4.71. The predicted molar refractivity (Wildman–Crippen MR) is 62.4 cm³/mol. The van der Waals surface area contributed by atoms with Gasteiger partial charge in [0.25, 0.3) is 0 Å². The van der Waals surface area contributed by atoms with Crippen molar-refractivity contribution >= 4 is 11.8 Å². The molecule has 0 aromatic carbocycles. The van der Waals surface area contributed by atoms with Gasteiger partial charge >= 0.3 is 0 Å². The van der Waals surface area contributed by atoms with Gasteiger partial charge in [0, 0.05) is 26.1 Å². The maximum atomic E-state index is 11.7. The van der Waals surface area contributed by atoms with Gasteiger partial charge in [-0.25, -0.2) is 0 Å². The van der Waals surface area contributed by atoms with E-state index in [1.165, 1.54) is 0 Å². The highest BCUT2D eigenvalue weighted by molar-refractivity contribution is 5.85. The largest absolute Gasteiger partial charge is 0.376 e. The van der Waals surface area contributed by atoms with Crippen molar-refractivity contribution in [3.05, 3.63) is 0 Å². The van der Waals surface area contributed by atoms with Crippen molar-refractivity contribution in [1.82, 2.24) is 10.2 Å². The number of rotatable bonds is 4. The summed E-state index contributed by atoms with van der Waals surface area (Å²) in [5, 5.41) is 2.83. The van der Waals surface area contributed by atoms with Crippen LogP contribution < -0.4 is 5.32 Å². The summed E-state index contributed by atoms with van der Waals surface area (Å²) < 4.78 is 5.42. The average Bonchev–Trinajstić information content (AvgIpc) is 2.82. The van der Waals surface area contributed by atoms with E-state index < -0.39 is 0 Å². The molecule has 1 N–H and O–H groups in total. The third kappa shape index (κ3) is 3.70. The van der Waals surface area contributed by atoms with Crippen molar-refractivity contribution in [2.45, 2.75) is 38.2 Å². The van der Waals surface area contributed by atoms with Crippen molar-refractivity contribution < 1.29 is 14.3 Å². The van der Waals surface area contributed by atoms with Gasteiger partial charge < -0.3 is 15.0 Å². The van der Waals surface area contributed by atoms with Gasteiger partial charge in [0.05, 0.1) is 12.6 Å². The fourth-order valence-electron chi connectivity index (χ4n) is 2.29. The van der Waals surface area contributed by atoms with E-state index in [1.54, 1.807) is 4.90 Å². The Kier molecular flexibility index (Phi) is 4.36. The number of nitrogens with one attached hydrogen (secondary N) is 1. The molecule has 0 aliphatic carbocycles. The zero-order chi connectivity index (χ0) is 12.1. The average molecular weight is 240 g/mol. The minimum absolute atomic E-state index is 0.0734. The first kappa shape index (κ1) is 12.4. The number of likely N-dealkylation sites (tertiary alicyclic amines) is 1. The Hall–Kier alpha value is -1.10. The molecule has 5 heteroatoms. The predicted octanol–water partition coefficient (Wildman–Crippen LogP) is 0.294. The number of ether oxygens (including phenoxy) is 1. The summed E-state index contributed by atoms with van der Waals surface area (Å²) in [5.41, 5.74) is 0. The number of hydrogen-bond acceptors (Lipinski definition) is 3. The lowest BCUT2D eigenvalue weighted by Gasteiger charge is -2.26. The molecular formula is C12H20N2O3. The maximum Gasteiger partial charge on any atom is 0.239 e. The van der Waals surface area contributed by atoms with Gasteiger partial charge in [-0.05, 0) is 25.7 Å². The van der Waals surface area contributed by atoms with Gasteiger partial charge in [0.2, 0.25) is 11.8 Å². The summed E-state index contributed by atoms with van der Waals surface area (Å²) in [4.78, 5) is 24.8. The molecule has 2 heterocycles. The second kappa shape index (κ2) is 6.00. The van der Waals surface area contributed by atoms with Crippen molar-refractivity contribution in [2.75, 3.05) is 26.2 Å². The van der Waals surface area contributed by atoms with Crippen LogP contribution >= 0.6 is 0 Å². The molecule has 1 atom stereocenters. The van der Waals surface area contributed by atoms with E-state index in [4.69, 9.17) is 4.74 Å². The molecule has 2 aliphatic rings. The number of hydrogen-bond donors (Lipinski definition) is 1. The zero-order valence-electron chi connectivity index (χ0n) is 10.1. The molecule has 0 spiro atoms. The summed E-state index contributed by atoms with van der Waals surface area (Å²) in [6.07, 6.45) is 4.79. The first-order valence-electron chi connectivity index (χ1n) is 6.42. The normalized spacial score (nSPS) is 25.1. The van der Waals surface area contributed by atoms with Crippen LogP contribution in [-0.4, -0.2) is 49.1 Å². The number of nitrogens with zero attached hydrogens (tertiary/aromatic N) is 1. The standard InChI is InChI=1S/C12H20N2O3/c15-11(13-8-10-4-3-7-17-10)9-14-6-2-1-5-12(14)16/h10H,1-9H2,(H,13,15). The molecule has 17 heavy (non-hydrogen) atoms. The molecule has 0 aromatic rings. The van der Waals surface area contributed by atoms with Gasteiger partial charge in [0.15, 0.2) is 0 Å². The molecule has 0 saturated carbocycles. The topological polar surface area (TPSA) is 58.6 Å². The van der Waals surface area contributed by atoms with Crippen LogP contribution in [0.2, 0.25) is 0 Å². The summed E-state index contributed by atoms with van der Waals surface area (Å²) in [6.45, 7) is 2.28. The molecule has 2 fully saturated rings. The van der Waals surface area contributed by atoms with Crippen molar-refractivity contribution in [3.63, 3.8) is 0 Å². The summed E-state index contributed by atoms with van der Waals surface area (Å²) in [7, 11) is 0. The molecule has 1 unspecified atom stereocenters. The van der Waals surface area contributed by atoms with Gasteiger partial charge in [-0.3, -0.25) is 9.59 Å². The van der Waals surface area contributed by atoms with Crippen LogP contribution in [0.15, 0.2) is 0 Å². The third-order valence-electron chi connectivity index (χ3n) is 3.31. The lowest BCUT2D eigenvalue weighted by atomic mass is 10.1. The quantitative estimate of drug-likeness (QED) is 0.768. The van der Waals surface area contributed by atoms with Crippen LogP contribution in [0.3, 0.4) is 0 Å². The molecule has 2 rings (SSSR count). The smallest absolute Gasteiger partial charge is 0.239 e. The molecule has 0 radical (unpaired) electrons. The summed E-state index contributed by atoms with van der Waals surface area (Å²) >= 11 is 0. The lowest BCUT2D eigenvalue weighted by Crippen LogP contribution is -2.44. The van der Waals surface area contributed by atoms with Gasteiger partial charge in [-0.1, -0.05) is 0 Å². The number of piperidine rings is 1. The number of amides is 2. The Labute approximate surface area is 101 Å². The minimum atomic E-state index is -0.0734. The first-order valence-corrected chi connectivity index (χ1v) is 6.42. The Bertz CT molecular complexity index is 287. The molecule has 2 saturated heterocycles. The minimum Gasteiger partial charge on any atom is -0.376 e. The van der Waals surface area contributed by atoms with Crippen LogP contribution in [0.25, 0.3) is 0 Å². The van der Waals surface area contributed by atoms with E-state index in [0.717, 1.165) is 32.3 Å². The number of carbonyl (C=O) groups excluding carboxylic acids is 2. The van der Waals surface area contributed by atoms with Crippen molar-refractivity contribution in [3.8, 4) is 0 Å². The van der Waals surface area contributed by atoms with E-state index in [9.17, 15) is 9.59 Å². The van der Waals surface area contributed by atoms with E-state index in [-0.39, 0.29) is 24.5 Å². The van der Waals surface area contributed by atoms with E-state index in [2.05, 4.69) is 5.32 Å². The fourth-order valence-corrected chi connectivity index (χ4v) is 2.29. The van der Waals surface area contributed by atoms with Gasteiger partial charge in [0.1, 0.15) is 0 Å². The van der Waals surface area contributed by atoms with Crippen molar-refractivity contribution in [1.29, 1.82) is 0 Å². The highest BCUT2D eigenvalue weighted by Gasteiger charge is 2.21. The zero-order valence-corrected chi connectivity index (χ0v) is 10.1. The molecule has 0 bridgehead atoms. The van der Waals surface area contributed by atoms with Crippen LogP contribution in [0, 0.1) is 0 Å². The van der Waals surface area contributed by atoms with Crippen LogP contribution in [0.4, 0.5) is 0 Å². The van der Waals surface area contributed by atoms with Gasteiger partial charge in [-0.15, -0.1) is 0 Å². The van der Waals surface area contributed by atoms with Gasteiger partial charge in [-0.2, -0.15) is 0 Å². The highest BCUT2D eigenvalue weighted by Crippen LogP contribution is 2.11. The second-order valence-corrected chi connectivity index (χ2v) is 4.71. The Morgan fingerprint density at radius 1 is 1.41 bits per heavy atom. The third-order valence-corrected chi connectivity index (χ3v) is 3.31. The SMILES string of the molecule is O=C(CN1CCCCC1=O)NCC1CCCO1. The van der Waals surface area contributed by atoms with E-state index in [0.29, 0.717) is 19.5 Å². The first-order chi connectivity index (χ1) is 8.25. The molecule has 2 aliphatic heterocycles. The molecule has 96 valence electrons. The Morgan fingerprint density at radius 2 is 2.29 bits per heavy atom. The number of carbonyl (C=O) groups is 2. The summed E-state index contributed by atoms with van der Waals surface area (Å²) in [6, 6.07) is 0. The van der Waals surface area contributed by atoms with Crippen molar-refractivity contribution in [2.24, 2.45) is 0 Å². The Morgan fingerprint density at radius 3 is 3.00 bits per heavy atom. The molecule has 0 aromatic heterocycles. The van der Waals surface area contributed by atoms with E-state index in [1.807, 2.05) is 0 Å². The molecule has 2 amide bonds. The van der Waals surface area contributed by atoms with Crippen LogP contribution in [0.1, 0.15) is 32.1 Å². The lowest BCUT2D eigenvalue weighted by molar-refractivity contribution is -0.137. The molecule has 5 nitrogen and oxygen atoms in total. The monoisotopic (exact) mass is 240 g/mol.